The molecule has 134 valence electrons. The third kappa shape index (κ3) is 4.87. The molecule has 0 bridgehead atoms. The first-order valence-corrected chi connectivity index (χ1v) is 9.20. The highest BCUT2D eigenvalue weighted by Crippen LogP contribution is 2.47. The molecular weight excluding hydrogens is 343 g/mol. The Morgan fingerprint density at radius 1 is 1.38 bits per heavy atom. The average molecular weight is 371 g/mol. The summed E-state index contributed by atoms with van der Waals surface area (Å²) in [5.74, 6) is 1.29. The third-order valence-electron chi connectivity index (χ3n) is 5.58. The van der Waals surface area contributed by atoms with E-state index in [9.17, 15) is 4.79 Å². The first-order valence-electron chi connectivity index (χ1n) is 8.82. The van der Waals surface area contributed by atoms with Gasteiger partial charge in [-0.15, -0.1) is 12.4 Å². The zero-order valence-electron chi connectivity index (χ0n) is 14.3. The lowest BCUT2D eigenvalue weighted by atomic mass is 9.85. The minimum absolute atomic E-state index is 0. The van der Waals surface area contributed by atoms with Crippen molar-refractivity contribution in [2.24, 2.45) is 11.8 Å². The maximum Gasteiger partial charge on any atom is 0.220 e. The van der Waals surface area contributed by atoms with Crippen LogP contribution in [-0.4, -0.2) is 25.5 Å². The van der Waals surface area contributed by atoms with E-state index in [0.29, 0.717) is 18.3 Å². The summed E-state index contributed by atoms with van der Waals surface area (Å²) in [4.78, 5) is 12.3. The zero-order chi connectivity index (χ0) is 16.3. The van der Waals surface area contributed by atoms with E-state index >= 15 is 0 Å². The standard InChI is InChI=1S/C19H27ClN2O.ClH/c1-14(15-3-2-10-21-12-15)11-18(23)22-13-19(8-9-19)16-4-6-17(20)7-5-16;/h4-7,14-15,21H,2-3,8-13H2,1H3,(H,22,23);1H. The molecule has 1 aromatic rings. The van der Waals surface area contributed by atoms with Gasteiger partial charge in [-0.25, -0.2) is 0 Å². The molecule has 2 atom stereocenters. The van der Waals surface area contributed by atoms with Crippen molar-refractivity contribution in [3.63, 3.8) is 0 Å². The fourth-order valence-corrected chi connectivity index (χ4v) is 3.81. The molecule has 1 aromatic carbocycles. The van der Waals surface area contributed by atoms with Gasteiger partial charge in [-0.1, -0.05) is 30.7 Å². The summed E-state index contributed by atoms with van der Waals surface area (Å²) in [6.07, 6.45) is 5.42. The molecule has 3 nitrogen and oxygen atoms in total. The van der Waals surface area contributed by atoms with Gasteiger partial charge in [0.15, 0.2) is 0 Å². The average Bonchev–Trinajstić information content (AvgIpc) is 3.35. The van der Waals surface area contributed by atoms with Crippen LogP contribution in [0.25, 0.3) is 0 Å². The van der Waals surface area contributed by atoms with E-state index in [2.05, 4.69) is 29.7 Å². The summed E-state index contributed by atoms with van der Waals surface area (Å²) in [5.41, 5.74) is 1.45. The number of carbonyl (C=O) groups is 1. The van der Waals surface area contributed by atoms with E-state index in [1.165, 1.54) is 18.4 Å². The fourth-order valence-electron chi connectivity index (χ4n) is 3.69. The number of amides is 1. The monoisotopic (exact) mass is 370 g/mol. The lowest BCUT2D eigenvalue weighted by Crippen LogP contribution is -2.37. The molecule has 2 aliphatic rings. The molecule has 3 rings (SSSR count). The molecule has 24 heavy (non-hydrogen) atoms. The number of nitrogens with one attached hydrogen (secondary N) is 2. The van der Waals surface area contributed by atoms with Crippen molar-refractivity contribution in [1.29, 1.82) is 0 Å². The van der Waals surface area contributed by atoms with Crippen LogP contribution >= 0.6 is 24.0 Å². The van der Waals surface area contributed by atoms with E-state index in [1.807, 2.05) is 12.1 Å². The minimum Gasteiger partial charge on any atom is -0.355 e. The minimum atomic E-state index is 0. The second kappa shape index (κ2) is 8.55. The Bertz CT molecular complexity index is 537. The molecule has 0 radical (unpaired) electrons. The highest BCUT2D eigenvalue weighted by molar-refractivity contribution is 6.30. The van der Waals surface area contributed by atoms with E-state index < -0.39 is 0 Å². The first-order chi connectivity index (χ1) is 11.1. The van der Waals surface area contributed by atoms with Crippen LogP contribution in [0.5, 0.6) is 0 Å². The number of halogens is 2. The Balaban J connectivity index is 0.00000208. The van der Waals surface area contributed by atoms with Crippen LogP contribution in [0.4, 0.5) is 0 Å². The van der Waals surface area contributed by atoms with Crippen molar-refractivity contribution < 1.29 is 4.79 Å². The summed E-state index contributed by atoms with van der Waals surface area (Å²) in [5, 5.41) is 7.38. The fraction of sp³-hybridized carbons (Fsp3) is 0.632. The van der Waals surface area contributed by atoms with Crippen LogP contribution in [-0.2, 0) is 10.2 Å². The highest BCUT2D eigenvalue weighted by atomic mass is 35.5. The van der Waals surface area contributed by atoms with Gasteiger partial charge in [-0.3, -0.25) is 4.79 Å². The number of piperidine rings is 1. The molecular formula is C19H28Cl2N2O. The maximum atomic E-state index is 12.3. The van der Waals surface area contributed by atoms with Gasteiger partial charge in [0.25, 0.3) is 0 Å². The largest absolute Gasteiger partial charge is 0.355 e. The summed E-state index contributed by atoms with van der Waals surface area (Å²) in [6.45, 7) is 5.15. The van der Waals surface area contributed by atoms with Crippen molar-refractivity contribution in [1.82, 2.24) is 10.6 Å². The Labute approximate surface area is 156 Å². The topological polar surface area (TPSA) is 41.1 Å². The van der Waals surface area contributed by atoms with Gasteiger partial charge in [0.05, 0.1) is 0 Å². The number of rotatable bonds is 6. The Morgan fingerprint density at radius 3 is 2.67 bits per heavy atom. The van der Waals surface area contributed by atoms with Crippen molar-refractivity contribution in [3.05, 3.63) is 34.9 Å². The molecule has 0 spiro atoms. The van der Waals surface area contributed by atoms with Crippen molar-refractivity contribution in [2.75, 3.05) is 19.6 Å². The summed E-state index contributed by atoms with van der Waals surface area (Å²) < 4.78 is 0. The number of hydrogen-bond donors (Lipinski definition) is 2. The Morgan fingerprint density at radius 2 is 2.08 bits per heavy atom. The normalized spacial score (nSPS) is 23.0. The predicted molar refractivity (Wildman–Crippen MR) is 102 cm³/mol. The molecule has 2 unspecified atom stereocenters. The molecule has 1 aliphatic carbocycles. The van der Waals surface area contributed by atoms with Gasteiger partial charge in [-0.05, 0) is 68.3 Å². The quantitative estimate of drug-likeness (QED) is 0.796. The van der Waals surface area contributed by atoms with Crippen LogP contribution in [0.15, 0.2) is 24.3 Å². The summed E-state index contributed by atoms with van der Waals surface area (Å²) >= 11 is 5.97. The van der Waals surface area contributed by atoms with Crippen molar-refractivity contribution >= 4 is 29.9 Å². The van der Waals surface area contributed by atoms with Crippen LogP contribution < -0.4 is 10.6 Å². The van der Waals surface area contributed by atoms with Gasteiger partial charge in [0.1, 0.15) is 0 Å². The Kier molecular flexibility index (Phi) is 6.97. The van der Waals surface area contributed by atoms with Crippen LogP contribution in [0.1, 0.15) is 44.6 Å². The Hall–Kier alpha value is -0.770. The van der Waals surface area contributed by atoms with Gasteiger partial charge in [-0.2, -0.15) is 0 Å². The highest BCUT2D eigenvalue weighted by Gasteiger charge is 2.44. The maximum absolute atomic E-state index is 12.3. The molecule has 1 saturated carbocycles. The number of benzene rings is 1. The molecule has 2 N–H and O–H groups in total. The van der Waals surface area contributed by atoms with Gasteiger partial charge < -0.3 is 10.6 Å². The van der Waals surface area contributed by atoms with E-state index in [-0.39, 0.29) is 23.7 Å². The second-order valence-corrected chi connectivity index (χ2v) is 7.79. The molecule has 0 aromatic heterocycles. The SMILES string of the molecule is CC(CC(=O)NCC1(c2ccc(Cl)cc2)CC1)C1CCCNC1.Cl. The molecule has 5 heteroatoms. The first kappa shape index (κ1) is 19.6. The summed E-state index contributed by atoms with van der Waals surface area (Å²) in [7, 11) is 0. The lowest BCUT2D eigenvalue weighted by Gasteiger charge is -2.28. The van der Waals surface area contributed by atoms with Crippen molar-refractivity contribution in [2.45, 2.75) is 44.4 Å². The van der Waals surface area contributed by atoms with E-state index in [0.717, 1.165) is 37.5 Å². The molecule has 2 fully saturated rings. The number of hydrogen-bond acceptors (Lipinski definition) is 2. The zero-order valence-corrected chi connectivity index (χ0v) is 15.9. The van der Waals surface area contributed by atoms with Gasteiger partial charge >= 0.3 is 0 Å². The van der Waals surface area contributed by atoms with Crippen LogP contribution in [0.2, 0.25) is 5.02 Å². The van der Waals surface area contributed by atoms with Crippen molar-refractivity contribution in [3.8, 4) is 0 Å². The van der Waals surface area contributed by atoms with Gasteiger partial charge in [0, 0.05) is 23.4 Å². The van der Waals surface area contributed by atoms with E-state index in [4.69, 9.17) is 11.6 Å². The number of carbonyl (C=O) groups excluding carboxylic acids is 1. The van der Waals surface area contributed by atoms with Crippen LogP contribution in [0, 0.1) is 11.8 Å². The smallest absolute Gasteiger partial charge is 0.220 e. The summed E-state index contributed by atoms with van der Waals surface area (Å²) in [6, 6.07) is 8.07. The van der Waals surface area contributed by atoms with Gasteiger partial charge in [0.2, 0.25) is 5.91 Å². The molecule has 1 saturated heterocycles. The third-order valence-corrected chi connectivity index (χ3v) is 5.83. The molecule has 1 heterocycles. The molecule has 1 amide bonds. The second-order valence-electron chi connectivity index (χ2n) is 7.35. The van der Waals surface area contributed by atoms with E-state index in [1.54, 1.807) is 0 Å². The lowest BCUT2D eigenvalue weighted by molar-refractivity contribution is -0.122. The van der Waals surface area contributed by atoms with Crippen LogP contribution in [0.3, 0.4) is 0 Å². The predicted octanol–water partition coefficient (Wildman–Crippen LogP) is 3.94. The molecule has 1 aliphatic heterocycles.